The summed E-state index contributed by atoms with van der Waals surface area (Å²) in [5.41, 5.74) is 1.03. The van der Waals surface area contributed by atoms with Crippen LogP contribution in [0.4, 0.5) is 0 Å². The number of halogens is 1. The van der Waals surface area contributed by atoms with E-state index in [0.717, 1.165) is 5.56 Å². The summed E-state index contributed by atoms with van der Waals surface area (Å²) in [4.78, 5) is 31.1. The van der Waals surface area contributed by atoms with Crippen LogP contribution in [0.25, 0.3) is 11.2 Å². The van der Waals surface area contributed by atoms with Crippen LogP contribution in [0.2, 0.25) is 5.02 Å². The Hall–Kier alpha value is -3.32. The molecule has 8 heteroatoms. The molecule has 2 aromatic heterocycles. The number of rotatable bonds is 8. The smallest absolute Gasteiger partial charge is 0.333 e. The molecule has 4 aromatic rings. The quantitative estimate of drug-likeness (QED) is 0.407. The van der Waals surface area contributed by atoms with Gasteiger partial charge in [-0.2, -0.15) is 0 Å². The average molecular weight is 453 g/mol. The Kier molecular flexibility index (Phi) is 6.46. The Morgan fingerprint density at radius 2 is 1.72 bits per heavy atom. The average Bonchev–Trinajstić information content (AvgIpc) is 3.18. The lowest BCUT2D eigenvalue weighted by Gasteiger charge is -2.14. The fraction of sp³-hybridized carbons (Fsp3) is 0.292. The number of benzene rings is 2. The van der Waals surface area contributed by atoms with Crippen LogP contribution in [-0.4, -0.2) is 25.3 Å². The number of nitrogens with zero attached hydrogens (tertiary/aromatic N) is 4. The molecule has 0 atom stereocenters. The zero-order valence-corrected chi connectivity index (χ0v) is 18.8. The molecule has 0 saturated heterocycles. The van der Waals surface area contributed by atoms with Gasteiger partial charge in [-0.1, -0.05) is 55.8 Å². The predicted molar refractivity (Wildman–Crippen MR) is 126 cm³/mol. The van der Waals surface area contributed by atoms with E-state index in [1.807, 2.05) is 34.9 Å². The van der Waals surface area contributed by atoms with Crippen molar-refractivity contribution in [1.29, 1.82) is 0 Å². The van der Waals surface area contributed by atoms with E-state index < -0.39 is 5.69 Å². The fourth-order valence-electron chi connectivity index (χ4n) is 3.66. The van der Waals surface area contributed by atoms with Crippen LogP contribution in [0.15, 0.2) is 70.5 Å². The summed E-state index contributed by atoms with van der Waals surface area (Å²) in [6, 6.07) is 16.6. The summed E-state index contributed by atoms with van der Waals surface area (Å²) in [6.45, 7) is 5.40. The van der Waals surface area contributed by atoms with E-state index in [-0.39, 0.29) is 18.7 Å². The Labute approximate surface area is 190 Å². The van der Waals surface area contributed by atoms with Crippen LogP contribution >= 0.6 is 11.6 Å². The molecule has 32 heavy (non-hydrogen) atoms. The third-order valence-corrected chi connectivity index (χ3v) is 5.38. The van der Waals surface area contributed by atoms with E-state index in [2.05, 4.69) is 18.8 Å². The van der Waals surface area contributed by atoms with Crippen molar-refractivity contribution < 1.29 is 4.74 Å². The van der Waals surface area contributed by atoms with Crippen LogP contribution in [0.3, 0.4) is 0 Å². The molecule has 0 fully saturated rings. The Morgan fingerprint density at radius 1 is 1.00 bits per heavy atom. The van der Waals surface area contributed by atoms with Gasteiger partial charge < -0.3 is 9.30 Å². The van der Waals surface area contributed by atoms with Crippen molar-refractivity contribution in [3.05, 3.63) is 92.3 Å². The molecule has 4 rings (SSSR count). The Bertz CT molecular complexity index is 1320. The van der Waals surface area contributed by atoms with Crippen molar-refractivity contribution in [2.45, 2.75) is 33.5 Å². The minimum atomic E-state index is -0.402. The molecule has 0 spiro atoms. The molecule has 0 radical (unpaired) electrons. The maximum atomic E-state index is 13.3. The third kappa shape index (κ3) is 4.62. The SMILES string of the molecule is CC(C)Cn1cnc2c1c(=O)n(CCOc1ccc(Cl)cc1)c(=O)n2Cc1ccccc1. The van der Waals surface area contributed by atoms with Crippen molar-refractivity contribution in [1.82, 2.24) is 18.7 Å². The lowest BCUT2D eigenvalue weighted by molar-refractivity contribution is 0.292. The monoisotopic (exact) mass is 452 g/mol. The van der Waals surface area contributed by atoms with Gasteiger partial charge in [-0.05, 0) is 35.7 Å². The van der Waals surface area contributed by atoms with Gasteiger partial charge in [0, 0.05) is 11.6 Å². The fourth-order valence-corrected chi connectivity index (χ4v) is 3.79. The van der Waals surface area contributed by atoms with Crippen molar-refractivity contribution in [3.8, 4) is 5.75 Å². The molecule has 0 aliphatic rings. The van der Waals surface area contributed by atoms with Crippen molar-refractivity contribution >= 4 is 22.8 Å². The summed E-state index contributed by atoms with van der Waals surface area (Å²) in [6.07, 6.45) is 1.64. The molecule has 0 unspecified atom stereocenters. The normalized spacial score (nSPS) is 11.4. The number of aromatic nitrogens is 4. The molecule has 0 amide bonds. The van der Waals surface area contributed by atoms with Gasteiger partial charge in [0.25, 0.3) is 5.56 Å². The van der Waals surface area contributed by atoms with Gasteiger partial charge in [-0.3, -0.25) is 13.9 Å². The summed E-state index contributed by atoms with van der Waals surface area (Å²) in [5, 5.41) is 0.612. The number of imidazole rings is 1. The highest BCUT2D eigenvalue weighted by Crippen LogP contribution is 2.15. The van der Waals surface area contributed by atoms with Crippen LogP contribution in [0.5, 0.6) is 5.75 Å². The lowest BCUT2D eigenvalue weighted by Crippen LogP contribution is -2.42. The topological polar surface area (TPSA) is 71.1 Å². The van der Waals surface area contributed by atoms with Gasteiger partial charge >= 0.3 is 5.69 Å². The predicted octanol–water partition coefficient (Wildman–Crippen LogP) is 3.80. The van der Waals surface area contributed by atoms with Crippen LogP contribution < -0.4 is 16.0 Å². The highest BCUT2D eigenvalue weighted by atomic mass is 35.5. The second-order valence-corrected chi connectivity index (χ2v) is 8.51. The third-order valence-electron chi connectivity index (χ3n) is 5.13. The first-order valence-electron chi connectivity index (χ1n) is 10.5. The zero-order valence-electron chi connectivity index (χ0n) is 18.1. The Morgan fingerprint density at radius 3 is 2.41 bits per heavy atom. The molecular formula is C24H25ClN4O3. The first-order valence-corrected chi connectivity index (χ1v) is 10.9. The van der Waals surface area contributed by atoms with Gasteiger partial charge in [-0.25, -0.2) is 9.78 Å². The van der Waals surface area contributed by atoms with Crippen LogP contribution in [0, 0.1) is 5.92 Å². The highest BCUT2D eigenvalue weighted by Gasteiger charge is 2.19. The largest absolute Gasteiger partial charge is 0.492 e. The van der Waals surface area contributed by atoms with Gasteiger partial charge in [0.1, 0.15) is 12.4 Å². The van der Waals surface area contributed by atoms with E-state index in [0.29, 0.717) is 40.9 Å². The maximum Gasteiger partial charge on any atom is 0.333 e. The van der Waals surface area contributed by atoms with E-state index in [1.165, 1.54) is 4.57 Å². The van der Waals surface area contributed by atoms with Gasteiger partial charge in [0.2, 0.25) is 0 Å². The van der Waals surface area contributed by atoms with Crippen LogP contribution in [-0.2, 0) is 19.6 Å². The molecule has 7 nitrogen and oxygen atoms in total. The van der Waals surface area contributed by atoms with Crippen molar-refractivity contribution in [2.24, 2.45) is 5.92 Å². The highest BCUT2D eigenvalue weighted by molar-refractivity contribution is 6.30. The maximum absolute atomic E-state index is 13.3. The molecule has 0 saturated carbocycles. The molecule has 166 valence electrons. The molecule has 0 aliphatic heterocycles. The van der Waals surface area contributed by atoms with Crippen LogP contribution in [0.1, 0.15) is 19.4 Å². The first kappa shape index (κ1) is 21.9. The van der Waals surface area contributed by atoms with E-state index in [4.69, 9.17) is 16.3 Å². The first-order chi connectivity index (χ1) is 15.4. The summed E-state index contributed by atoms with van der Waals surface area (Å²) >= 11 is 5.91. The number of fused-ring (bicyclic) bond motifs is 1. The number of hydrogen-bond acceptors (Lipinski definition) is 4. The zero-order chi connectivity index (χ0) is 22.7. The molecule has 2 aromatic carbocycles. The van der Waals surface area contributed by atoms with E-state index in [1.54, 1.807) is 35.2 Å². The summed E-state index contributed by atoms with van der Waals surface area (Å²) < 4.78 is 10.4. The summed E-state index contributed by atoms with van der Waals surface area (Å²) in [5.74, 6) is 0.945. The van der Waals surface area contributed by atoms with Gasteiger partial charge in [-0.15, -0.1) is 0 Å². The minimum absolute atomic E-state index is 0.123. The molecule has 0 aliphatic carbocycles. The number of hydrogen-bond donors (Lipinski definition) is 0. The van der Waals surface area contributed by atoms with Crippen molar-refractivity contribution in [2.75, 3.05) is 6.61 Å². The van der Waals surface area contributed by atoms with E-state index >= 15 is 0 Å². The summed E-state index contributed by atoms with van der Waals surface area (Å²) in [7, 11) is 0. The van der Waals surface area contributed by atoms with Gasteiger partial charge in [0.05, 0.1) is 19.4 Å². The molecular weight excluding hydrogens is 428 g/mol. The number of ether oxygens (including phenoxy) is 1. The minimum Gasteiger partial charge on any atom is -0.492 e. The van der Waals surface area contributed by atoms with Gasteiger partial charge in [0.15, 0.2) is 11.2 Å². The molecule has 0 N–H and O–H groups in total. The lowest BCUT2D eigenvalue weighted by atomic mass is 10.2. The molecule has 2 heterocycles. The van der Waals surface area contributed by atoms with E-state index in [9.17, 15) is 9.59 Å². The second kappa shape index (κ2) is 9.44. The molecule has 0 bridgehead atoms. The Balaban J connectivity index is 1.74. The second-order valence-electron chi connectivity index (χ2n) is 8.08. The standard InChI is InChI=1S/C24H25ClN4O3/c1-17(2)14-27-16-26-22-21(27)23(30)28(12-13-32-20-10-8-19(25)9-11-20)24(31)29(22)15-18-6-4-3-5-7-18/h3-11,16-17H,12-15H2,1-2H3. The van der Waals surface area contributed by atoms with Crippen molar-refractivity contribution in [3.63, 3.8) is 0 Å².